The maximum atomic E-state index is 11.3. The Labute approximate surface area is 152 Å². The number of methoxy groups -OCH3 is 1. The van der Waals surface area contributed by atoms with E-state index >= 15 is 0 Å². The predicted molar refractivity (Wildman–Crippen MR) is 87.7 cm³/mol. The number of carboxylic acids is 1. The number of carbonyl (C=O) groups is 1. The fraction of sp³-hybridized carbons (Fsp3) is 0.600. The number of anilines is 1. The zero-order valence-corrected chi connectivity index (χ0v) is 14.8. The number of hydrogen-bond acceptors (Lipinski definition) is 10. The smallest absolute Gasteiger partial charge is 0.335 e. The number of imidazole rings is 1. The third-order valence-electron chi connectivity index (χ3n) is 4.51. The van der Waals surface area contributed by atoms with Crippen molar-refractivity contribution in [3.63, 3.8) is 0 Å². The van der Waals surface area contributed by atoms with Crippen LogP contribution in [0.25, 0.3) is 11.2 Å². The Kier molecular flexibility index (Phi) is 3.96. The largest absolute Gasteiger partial charge is 0.479 e. The number of nitrogen functional groups attached to an aromatic ring is 1. The van der Waals surface area contributed by atoms with Crippen molar-refractivity contribution in [2.24, 2.45) is 0 Å². The summed E-state index contributed by atoms with van der Waals surface area (Å²) < 4.78 is 24.1. The Hall–Kier alpha value is -2.54. The molecule has 2 aliphatic rings. The van der Waals surface area contributed by atoms with Crippen molar-refractivity contribution in [2.75, 3.05) is 12.8 Å². The minimum Gasteiger partial charge on any atom is -0.479 e. The van der Waals surface area contributed by atoms with Crippen molar-refractivity contribution in [2.45, 2.75) is 50.3 Å². The zero-order chi connectivity index (χ0) is 19.5. The Bertz CT molecular complexity index is 900. The Morgan fingerprint density at radius 2 is 2.07 bits per heavy atom. The van der Waals surface area contributed by atoms with Crippen LogP contribution >= 0.6 is 0 Å². The zero-order valence-electron chi connectivity index (χ0n) is 14.8. The molecule has 0 amide bonds. The van der Waals surface area contributed by atoms with Gasteiger partial charge in [-0.05, 0) is 13.8 Å². The summed E-state index contributed by atoms with van der Waals surface area (Å²) >= 11 is 0. The molecule has 4 rings (SSSR count). The van der Waals surface area contributed by atoms with E-state index in [4.69, 9.17) is 24.7 Å². The van der Waals surface area contributed by atoms with Gasteiger partial charge in [-0.3, -0.25) is 4.57 Å². The van der Waals surface area contributed by atoms with Crippen LogP contribution in [-0.2, 0) is 19.0 Å². The highest BCUT2D eigenvalue weighted by atomic mass is 16.8. The molecule has 2 aliphatic heterocycles. The van der Waals surface area contributed by atoms with Gasteiger partial charge in [-0.25, -0.2) is 9.78 Å². The van der Waals surface area contributed by atoms with E-state index in [-0.39, 0.29) is 11.8 Å². The van der Waals surface area contributed by atoms with Crippen LogP contribution in [0.3, 0.4) is 0 Å². The lowest BCUT2D eigenvalue weighted by molar-refractivity contribution is -0.210. The molecule has 4 N–H and O–H groups in total. The molecule has 0 spiro atoms. The third-order valence-corrected chi connectivity index (χ3v) is 4.51. The Morgan fingerprint density at radius 3 is 2.74 bits per heavy atom. The molecule has 12 heteroatoms. The summed E-state index contributed by atoms with van der Waals surface area (Å²) in [7, 11) is 1.40. The number of hydrogen-bond donors (Lipinski definition) is 3. The van der Waals surface area contributed by atoms with Crippen LogP contribution in [0, 0.1) is 0 Å². The van der Waals surface area contributed by atoms with Crippen molar-refractivity contribution >= 4 is 23.0 Å². The van der Waals surface area contributed by atoms with Crippen molar-refractivity contribution < 1.29 is 34.0 Å². The molecule has 2 aromatic heterocycles. The fourth-order valence-electron chi connectivity index (χ4n) is 3.42. The molecule has 2 aromatic rings. The van der Waals surface area contributed by atoms with Gasteiger partial charge in [0, 0.05) is 0 Å². The van der Waals surface area contributed by atoms with Crippen LogP contribution in [0.1, 0.15) is 20.1 Å². The lowest BCUT2D eigenvalue weighted by Crippen LogP contribution is -2.42. The van der Waals surface area contributed by atoms with Gasteiger partial charge in [0.05, 0.1) is 13.4 Å². The second-order valence-corrected chi connectivity index (χ2v) is 6.76. The van der Waals surface area contributed by atoms with Gasteiger partial charge in [0.1, 0.15) is 18.3 Å². The average molecular weight is 381 g/mol. The molecule has 27 heavy (non-hydrogen) atoms. The maximum Gasteiger partial charge on any atom is 0.335 e. The van der Waals surface area contributed by atoms with Crippen molar-refractivity contribution in [3.8, 4) is 6.01 Å². The summed E-state index contributed by atoms with van der Waals surface area (Å²) in [6, 6.07) is 0.0438. The van der Waals surface area contributed by atoms with Crippen LogP contribution in [0.4, 0.5) is 5.82 Å². The van der Waals surface area contributed by atoms with E-state index in [0.717, 1.165) is 0 Å². The van der Waals surface area contributed by atoms with E-state index < -0.39 is 42.4 Å². The predicted octanol–water partition coefficient (Wildman–Crippen LogP) is -0.720. The normalized spacial score (nSPS) is 30.4. The summed E-state index contributed by atoms with van der Waals surface area (Å²) in [5.41, 5.74) is 6.54. The number of nitrogens with two attached hydrogens (primary N) is 1. The second kappa shape index (κ2) is 5.99. The second-order valence-electron chi connectivity index (χ2n) is 6.76. The Morgan fingerprint density at radius 1 is 1.37 bits per heavy atom. The molecular formula is C15H19N5O7. The molecule has 2 fully saturated rings. The van der Waals surface area contributed by atoms with Crippen molar-refractivity contribution in [3.05, 3.63) is 6.33 Å². The summed E-state index contributed by atoms with van der Waals surface area (Å²) in [6.45, 7) is 3.39. The Balaban J connectivity index is 1.78. The van der Waals surface area contributed by atoms with Crippen molar-refractivity contribution in [1.29, 1.82) is 0 Å². The minimum atomic E-state index is -1.79. The first-order valence-corrected chi connectivity index (χ1v) is 8.18. The van der Waals surface area contributed by atoms with E-state index in [2.05, 4.69) is 15.0 Å². The van der Waals surface area contributed by atoms with Gasteiger partial charge in [0.2, 0.25) is 0 Å². The van der Waals surface area contributed by atoms with E-state index in [1.54, 1.807) is 13.8 Å². The number of aliphatic hydroxyl groups is 1. The summed E-state index contributed by atoms with van der Waals surface area (Å²) in [5.74, 6) is -2.27. The van der Waals surface area contributed by atoms with E-state index in [0.29, 0.717) is 11.2 Å². The van der Waals surface area contributed by atoms with E-state index in [1.165, 1.54) is 18.0 Å². The molecular weight excluding hydrogens is 362 g/mol. The number of aromatic nitrogens is 4. The summed E-state index contributed by atoms with van der Waals surface area (Å²) in [4.78, 5) is 23.7. The number of nitrogens with zero attached hydrogens (tertiary/aromatic N) is 4. The molecule has 2 saturated heterocycles. The highest BCUT2D eigenvalue weighted by Crippen LogP contribution is 2.44. The topological polar surface area (TPSA) is 164 Å². The minimum absolute atomic E-state index is 0.0438. The molecule has 146 valence electrons. The third kappa shape index (κ3) is 2.77. The van der Waals surface area contributed by atoms with Crippen molar-refractivity contribution in [1.82, 2.24) is 19.5 Å². The molecule has 5 atom stereocenters. The average Bonchev–Trinajstić information content (AvgIpc) is 3.24. The molecule has 1 unspecified atom stereocenters. The van der Waals surface area contributed by atoms with Gasteiger partial charge in [-0.1, -0.05) is 0 Å². The summed E-state index contributed by atoms with van der Waals surface area (Å²) in [6.07, 6.45) is -3.84. The molecule has 0 aliphatic carbocycles. The van der Waals surface area contributed by atoms with Gasteiger partial charge < -0.3 is 34.9 Å². The number of aliphatic hydroxyl groups excluding tert-OH is 1. The van der Waals surface area contributed by atoms with Crippen LogP contribution in [0.2, 0.25) is 0 Å². The van der Waals surface area contributed by atoms with Crippen LogP contribution in [0.5, 0.6) is 6.01 Å². The molecule has 0 bridgehead atoms. The van der Waals surface area contributed by atoms with Crippen LogP contribution in [0.15, 0.2) is 6.33 Å². The molecule has 0 saturated carbocycles. The first-order valence-electron chi connectivity index (χ1n) is 8.18. The molecule has 0 radical (unpaired) electrons. The lowest BCUT2D eigenvalue weighted by atomic mass is 10.1. The first kappa shape index (κ1) is 17.9. The fourth-order valence-corrected chi connectivity index (χ4v) is 3.42. The van der Waals surface area contributed by atoms with Gasteiger partial charge in [0.15, 0.2) is 35.1 Å². The maximum absolute atomic E-state index is 11.3. The lowest BCUT2D eigenvalue weighted by Gasteiger charge is -2.25. The van der Waals surface area contributed by atoms with Crippen LogP contribution < -0.4 is 10.5 Å². The number of fused-ring (bicyclic) bond motifs is 2. The summed E-state index contributed by atoms with van der Waals surface area (Å²) in [5, 5.41) is 19.2. The van der Waals surface area contributed by atoms with Gasteiger partial charge >= 0.3 is 12.0 Å². The van der Waals surface area contributed by atoms with E-state index in [1.807, 2.05) is 0 Å². The number of aliphatic carboxylic acids is 1. The van der Waals surface area contributed by atoms with E-state index in [9.17, 15) is 15.0 Å². The quantitative estimate of drug-likeness (QED) is 0.612. The van der Waals surface area contributed by atoms with Crippen LogP contribution in [-0.4, -0.2) is 73.0 Å². The number of carboxylic acid groups (broad SMARTS) is 1. The monoisotopic (exact) mass is 381 g/mol. The van der Waals surface area contributed by atoms with Gasteiger partial charge in [-0.15, -0.1) is 0 Å². The SMILES string of the molecule is COc1nc(N)c2ncn([C@@H]3O[C@H](C(O)C(=O)O)[C@H]4OC(C)(C)O[C@H]43)c2n1. The first-order chi connectivity index (χ1) is 12.7. The number of rotatable bonds is 4. The number of ether oxygens (including phenoxy) is 4. The molecule has 0 aromatic carbocycles. The molecule has 4 heterocycles. The highest BCUT2D eigenvalue weighted by molar-refractivity contribution is 5.82. The standard InChI is InChI=1S/C15H19N5O7/c1-15(2)26-8-7(6(21)13(22)23)25-12(9(8)27-15)20-4-17-5-10(16)18-14(24-3)19-11(5)20/h4,6-9,12,21H,1-3H3,(H,22,23)(H2,16,18,19)/t6?,7-,8-,9-,12-/m1/s1. The van der Waals surface area contributed by atoms with Gasteiger partial charge in [0.25, 0.3) is 0 Å². The highest BCUT2D eigenvalue weighted by Gasteiger charge is 2.59. The molecule has 12 nitrogen and oxygen atoms in total. The van der Waals surface area contributed by atoms with Gasteiger partial charge in [-0.2, -0.15) is 9.97 Å².